The molecule has 5 heteroatoms. The zero-order valence-corrected chi connectivity index (χ0v) is 17.1. The number of nitrogens with one attached hydrogen (secondary N) is 1. The summed E-state index contributed by atoms with van der Waals surface area (Å²) in [6, 6.07) is 22.3. The largest absolute Gasteiger partial charge is 0.344 e. The molecule has 0 fully saturated rings. The van der Waals surface area contributed by atoms with Crippen LogP contribution < -0.4 is 5.32 Å². The monoisotopic (exact) mass is 404 g/mol. The average Bonchev–Trinajstić information content (AvgIpc) is 3.39. The van der Waals surface area contributed by atoms with Gasteiger partial charge in [0.1, 0.15) is 5.01 Å². The molecule has 0 saturated carbocycles. The Bertz CT molecular complexity index is 1060. The molecule has 140 valence electrons. The molecule has 2 aromatic heterocycles. The molecule has 0 aliphatic rings. The van der Waals surface area contributed by atoms with Crippen molar-refractivity contribution in [3.63, 3.8) is 0 Å². The molecule has 0 radical (unpaired) electrons. The number of nitrogens with zero attached hydrogens (tertiary/aromatic N) is 1. The summed E-state index contributed by atoms with van der Waals surface area (Å²) in [4.78, 5) is 18.5. The maximum Gasteiger partial charge on any atom is 0.226 e. The standard InChI is InChI=1S/C23H20N2OS2/c1-16-7-5-10-18(13-16)23-24-19(15-28-23)14-21(26)25-22(20-11-6-12-27-20)17-8-3-2-4-9-17/h2-13,15,22H,14H2,1H3,(H,25,26). The highest BCUT2D eigenvalue weighted by Crippen LogP contribution is 2.27. The van der Waals surface area contributed by atoms with Crippen LogP contribution in [0.3, 0.4) is 0 Å². The molecule has 0 bridgehead atoms. The van der Waals surface area contributed by atoms with Crippen LogP contribution in [-0.2, 0) is 11.2 Å². The van der Waals surface area contributed by atoms with E-state index in [1.54, 1.807) is 22.7 Å². The van der Waals surface area contributed by atoms with Crippen molar-refractivity contribution in [1.82, 2.24) is 10.3 Å². The van der Waals surface area contributed by atoms with Crippen LogP contribution in [0.25, 0.3) is 10.6 Å². The van der Waals surface area contributed by atoms with Gasteiger partial charge in [0.25, 0.3) is 0 Å². The predicted octanol–water partition coefficient (Wildman–Crippen LogP) is 5.63. The lowest BCUT2D eigenvalue weighted by Crippen LogP contribution is -2.30. The summed E-state index contributed by atoms with van der Waals surface area (Å²) in [5, 5.41) is 8.13. The molecule has 0 saturated heterocycles. The SMILES string of the molecule is Cc1cccc(-c2nc(CC(=O)NC(c3ccccc3)c3cccs3)cs2)c1. The van der Waals surface area contributed by atoms with Crippen molar-refractivity contribution in [2.24, 2.45) is 0 Å². The van der Waals surface area contributed by atoms with Gasteiger partial charge < -0.3 is 5.32 Å². The Morgan fingerprint density at radius 2 is 1.89 bits per heavy atom. The molecule has 4 rings (SSSR count). The van der Waals surface area contributed by atoms with Gasteiger partial charge in [0.05, 0.1) is 18.2 Å². The molecule has 3 nitrogen and oxygen atoms in total. The van der Waals surface area contributed by atoms with E-state index in [0.29, 0.717) is 0 Å². The third-order valence-corrected chi connectivity index (χ3v) is 6.30. The molecular weight excluding hydrogens is 384 g/mol. The van der Waals surface area contributed by atoms with Crippen LogP contribution in [0.1, 0.15) is 27.7 Å². The van der Waals surface area contributed by atoms with Crippen molar-refractivity contribution in [2.75, 3.05) is 0 Å². The number of carbonyl (C=O) groups excluding carboxylic acids is 1. The molecular formula is C23H20N2OS2. The van der Waals surface area contributed by atoms with Crippen molar-refractivity contribution in [3.8, 4) is 10.6 Å². The molecule has 1 N–H and O–H groups in total. The zero-order valence-electron chi connectivity index (χ0n) is 15.5. The van der Waals surface area contributed by atoms with Gasteiger partial charge >= 0.3 is 0 Å². The van der Waals surface area contributed by atoms with Crippen LogP contribution in [0.5, 0.6) is 0 Å². The van der Waals surface area contributed by atoms with Gasteiger partial charge in [-0.1, -0.05) is 60.2 Å². The lowest BCUT2D eigenvalue weighted by molar-refractivity contribution is -0.120. The normalized spacial score (nSPS) is 11.9. The van der Waals surface area contributed by atoms with E-state index in [4.69, 9.17) is 0 Å². The summed E-state index contributed by atoms with van der Waals surface area (Å²) in [6.45, 7) is 2.07. The maximum absolute atomic E-state index is 12.7. The summed E-state index contributed by atoms with van der Waals surface area (Å²) in [7, 11) is 0. The van der Waals surface area contributed by atoms with Gasteiger partial charge in [0, 0.05) is 15.8 Å². The van der Waals surface area contributed by atoms with Crippen LogP contribution in [0.4, 0.5) is 0 Å². The van der Waals surface area contributed by atoms with Crippen molar-refractivity contribution in [2.45, 2.75) is 19.4 Å². The van der Waals surface area contributed by atoms with E-state index >= 15 is 0 Å². The Kier molecular flexibility index (Phi) is 5.65. The Labute approximate surface area is 172 Å². The second-order valence-corrected chi connectivity index (χ2v) is 8.45. The van der Waals surface area contributed by atoms with E-state index < -0.39 is 0 Å². The first-order valence-corrected chi connectivity index (χ1v) is 10.8. The van der Waals surface area contributed by atoms with Gasteiger partial charge in [-0.25, -0.2) is 4.98 Å². The fourth-order valence-electron chi connectivity index (χ4n) is 3.10. The lowest BCUT2D eigenvalue weighted by atomic mass is 10.1. The number of thiophene rings is 1. The number of carbonyl (C=O) groups is 1. The van der Waals surface area contributed by atoms with E-state index in [-0.39, 0.29) is 18.4 Å². The molecule has 28 heavy (non-hydrogen) atoms. The van der Waals surface area contributed by atoms with Gasteiger partial charge in [-0.3, -0.25) is 4.79 Å². The highest BCUT2D eigenvalue weighted by molar-refractivity contribution is 7.13. The Balaban J connectivity index is 1.49. The summed E-state index contributed by atoms with van der Waals surface area (Å²) < 4.78 is 0. The smallest absolute Gasteiger partial charge is 0.226 e. The van der Waals surface area contributed by atoms with Gasteiger partial charge in [0.2, 0.25) is 5.91 Å². The van der Waals surface area contributed by atoms with Gasteiger partial charge in [-0.15, -0.1) is 22.7 Å². The fourth-order valence-corrected chi connectivity index (χ4v) is 4.71. The molecule has 2 aromatic carbocycles. The number of thiazole rings is 1. The van der Waals surface area contributed by atoms with E-state index in [0.717, 1.165) is 26.7 Å². The van der Waals surface area contributed by atoms with E-state index in [1.807, 2.05) is 53.2 Å². The highest BCUT2D eigenvalue weighted by Gasteiger charge is 2.18. The quantitative estimate of drug-likeness (QED) is 0.453. The zero-order chi connectivity index (χ0) is 19.3. The molecule has 2 heterocycles. The second kappa shape index (κ2) is 8.50. The number of aromatic nitrogens is 1. The number of benzene rings is 2. The number of hydrogen-bond acceptors (Lipinski definition) is 4. The number of hydrogen-bond donors (Lipinski definition) is 1. The van der Waals surface area contributed by atoms with Gasteiger partial charge in [-0.2, -0.15) is 0 Å². The fraction of sp³-hybridized carbons (Fsp3) is 0.130. The Morgan fingerprint density at radius 1 is 1.04 bits per heavy atom. The average molecular weight is 405 g/mol. The van der Waals surface area contributed by atoms with E-state index in [1.165, 1.54) is 5.56 Å². The first-order valence-electron chi connectivity index (χ1n) is 9.08. The van der Waals surface area contributed by atoms with E-state index in [2.05, 4.69) is 41.5 Å². The summed E-state index contributed by atoms with van der Waals surface area (Å²) >= 11 is 3.23. The molecule has 0 aliphatic carbocycles. The lowest BCUT2D eigenvalue weighted by Gasteiger charge is -2.18. The number of aryl methyl sites for hydroxylation is 1. The number of amides is 1. The maximum atomic E-state index is 12.7. The molecule has 1 unspecified atom stereocenters. The first kappa shape index (κ1) is 18.6. The van der Waals surface area contributed by atoms with Crippen molar-refractivity contribution < 1.29 is 4.79 Å². The van der Waals surface area contributed by atoms with Crippen LogP contribution >= 0.6 is 22.7 Å². The van der Waals surface area contributed by atoms with Crippen LogP contribution in [0.2, 0.25) is 0 Å². The first-order chi connectivity index (χ1) is 13.7. The Hall–Kier alpha value is -2.76. The third-order valence-electron chi connectivity index (χ3n) is 4.42. The third kappa shape index (κ3) is 4.38. The molecule has 4 aromatic rings. The Morgan fingerprint density at radius 3 is 2.64 bits per heavy atom. The van der Waals surface area contributed by atoms with Gasteiger partial charge in [-0.05, 0) is 30.0 Å². The summed E-state index contributed by atoms with van der Waals surface area (Å²) in [5.74, 6) is -0.0247. The topological polar surface area (TPSA) is 42.0 Å². The molecule has 0 spiro atoms. The number of rotatable bonds is 6. The minimum atomic E-state index is -0.136. The van der Waals surface area contributed by atoms with Gasteiger partial charge in [0.15, 0.2) is 0 Å². The highest BCUT2D eigenvalue weighted by atomic mass is 32.1. The molecule has 0 aliphatic heterocycles. The second-order valence-electron chi connectivity index (χ2n) is 6.62. The summed E-state index contributed by atoms with van der Waals surface area (Å²) in [6.07, 6.45) is 0.275. The molecule has 1 atom stereocenters. The minimum Gasteiger partial charge on any atom is -0.344 e. The van der Waals surface area contributed by atoms with Crippen molar-refractivity contribution in [3.05, 3.63) is 99.2 Å². The van der Waals surface area contributed by atoms with E-state index in [9.17, 15) is 4.79 Å². The van der Waals surface area contributed by atoms with Crippen LogP contribution in [-0.4, -0.2) is 10.9 Å². The van der Waals surface area contributed by atoms with Crippen LogP contribution in [0, 0.1) is 6.92 Å². The van der Waals surface area contributed by atoms with Crippen molar-refractivity contribution in [1.29, 1.82) is 0 Å². The molecule has 1 amide bonds. The minimum absolute atomic E-state index is 0.0247. The van der Waals surface area contributed by atoms with Crippen molar-refractivity contribution >= 4 is 28.6 Å². The predicted molar refractivity (Wildman–Crippen MR) is 117 cm³/mol. The van der Waals surface area contributed by atoms with Crippen LogP contribution in [0.15, 0.2) is 77.5 Å². The summed E-state index contributed by atoms with van der Waals surface area (Å²) in [5.41, 5.74) is 4.18.